The maximum atomic E-state index is 12.2. The largest absolute Gasteiger partial charge is 0.336 e. The first-order valence-corrected chi connectivity index (χ1v) is 6.69. The molecule has 2 rings (SSSR count). The fraction of sp³-hybridized carbons (Fsp3) is 0.286. The Morgan fingerprint density at radius 1 is 1.50 bits per heavy atom. The predicted octanol–water partition coefficient (Wildman–Crippen LogP) is 1.94. The molecule has 0 fully saturated rings. The zero-order valence-electron chi connectivity index (χ0n) is 11.5. The van der Waals surface area contributed by atoms with E-state index >= 15 is 0 Å². The normalized spacial score (nSPS) is 12.2. The second kappa shape index (κ2) is 6.07. The number of nitrogens with two attached hydrogens (primary N) is 1. The number of aromatic nitrogens is 2. The first kappa shape index (κ1) is 14.6. The van der Waals surface area contributed by atoms with Gasteiger partial charge in [-0.2, -0.15) is 5.10 Å². The Labute approximate surface area is 122 Å². The molecule has 1 heterocycles. The van der Waals surface area contributed by atoms with Crippen LogP contribution >= 0.6 is 11.6 Å². The van der Waals surface area contributed by atoms with Gasteiger partial charge >= 0.3 is 0 Å². The molecule has 0 saturated carbocycles. The van der Waals surface area contributed by atoms with Crippen molar-refractivity contribution in [3.8, 4) is 5.69 Å². The van der Waals surface area contributed by atoms with E-state index in [1.54, 1.807) is 41.0 Å². The Hall–Kier alpha value is -1.85. The summed E-state index contributed by atoms with van der Waals surface area (Å²) in [5.41, 5.74) is 6.76. The van der Waals surface area contributed by atoms with Crippen molar-refractivity contribution >= 4 is 17.5 Å². The van der Waals surface area contributed by atoms with Crippen LogP contribution in [0.2, 0.25) is 5.02 Å². The number of carbonyl (C=O) groups is 1. The lowest BCUT2D eigenvalue weighted by atomic mass is 10.2. The van der Waals surface area contributed by atoms with Crippen molar-refractivity contribution in [3.05, 3.63) is 47.2 Å². The molecule has 0 bridgehead atoms. The summed E-state index contributed by atoms with van der Waals surface area (Å²) in [5.74, 6) is -0.149. The average molecular weight is 293 g/mol. The van der Waals surface area contributed by atoms with Gasteiger partial charge in [0.15, 0.2) is 5.69 Å². The molecule has 0 spiro atoms. The Kier molecular flexibility index (Phi) is 4.42. The number of rotatable bonds is 4. The lowest BCUT2D eigenvalue weighted by Crippen LogP contribution is -2.39. The van der Waals surface area contributed by atoms with E-state index in [1.807, 2.05) is 19.1 Å². The molecular weight excluding hydrogens is 276 g/mol. The molecule has 1 aromatic carbocycles. The van der Waals surface area contributed by atoms with Gasteiger partial charge in [0.2, 0.25) is 0 Å². The minimum absolute atomic E-state index is 0.0289. The SMILES string of the molecule is CC(CN)N(C)C(=O)c1ccn(-c2cccc(Cl)c2)n1. The number of hydrogen-bond donors (Lipinski definition) is 1. The number of nitrogens with zero attached hydrogens (tertiary/aromatic N) is 3. The minimum atomic E-state index is -0.149. The van der Waals surface area contributed by atoms with Crippen LogP contribution in [0.15, 0.2) is 36.5 Å². The van der Waals surface area contributed by atoms with E-state index < -0.39 is 0 Å². The molecule has 0 radical (unpaired) electrons. The van der Waals surface area contributed by atoms with Crippen molar-refractivity contribution in [3.63, 3.8) is 0 Å². The summed E-state index contributed by atoms with van der Waals surface area (Å²) in [7, 11) is 1.72. The van der Waals surface area contributed by atoms with Crippen LogP contribution in [0.5, 0.6) is 0 Å². The van der Waals surface area contributed by atoms with Crippen LogP contribution in [-0.2, 0) is 0 Å². The van der Waals surface area contributed by atoms with E-state index in [9.17, 15) is 4.79 Å². The van der Waals surface area contributed by atoms with Gasteiger partial charge in [-0.15, -0.1) is 0 Å². The molecule has 0 aliphatic heterocycles. The van der Waals surface area contributed by atoms with E-state index in [4.69, 9.17) is 17.3 Å². The highest BCUT2D eigenvalue weighted by atomic mass is 35.5. The summed E-state index contributed by atoms with van der Waals surface area (Å²) in [5, 5.41) is 4.91. The maximum absolute atomic E-state index is 12.2. The summed E-state index contributed by atoms with van der Waals surface area (Å²) in [6, 6.07) is 8.94. The van der Waals surface area contributed by atoms with Gasteiger partial charge in [-0.3, -0.25) is 4.79 Å². The molecule has 1 aromatic heterocycles. The standard InChI is InChI=1S/C14H17ClN4O/c1-10(9-16)18(2)14(20)13-6-7-19(17-13)12-5-3-4-11(15)8-12/h3-8,10H,9,16H2,1-2H3. The number of hydrogen-bond acceptors (Lipinski definition) is 3. The first-order valence-electron chi connectivity index (χ1n) is 6.31. The molecule has 1 unspecified atom stereocenters. The number of likely N-dealkylation sites (N-methyl/N-ethyl adjacent to an activating group) is 1. The third-order valence-electron chi connectivity index (χ3n) is 3.20. The molecule has 20 heavy (non-hydrogen) atoms. The van der Waals surface area contributed by atoms with E-state index in [0.717, 1.165) is 5.69 Å². The Morgan fingerprint density at radius 3 is 2.90 bits per heavy atom. The third-order valence-corrected chi connectivity index (χ3v) is 3.44. The number of benzene rings is 1. The summed E-state index contributed by atoms with van der Waals surface area (Å²) >= 11 is 5.94. The highest BCUT2D eigenvalue weighted by Crippen LogP contribution is 2.15. The molecule has 5 nitrogen and oxygen atoms in total. The summed E-state index contributed by atoms with van der Waals surface area (Å²) in [4.78, 5) is 13.8. The number of amides is 1. The zero-order chi connectivity index (χ0) is 14.7. The molecule has 1 amide bonds. The van der Waals surface area contributed by atoms with E-state index in [-0.39, 0.29) is 11.9 Å². The first-order chi connectivity index (χ1) is 9.52. The van der Waals surface area contributed by atoms with Crippen LogP contribution in [0.4, 0.5) is 0 Å². The van der Waals surface area contributed by atoms with Crippen molar-refractivity contribution in [2.45, 2.75) is 13.0 Å². The monoisotopic (exact) mass is 292 g/mol. The van der Waals surface area contributed by atoms with Crippen molar-refractivity contribution in [2.24, 2.45) is 5.73 Å². The third kappa shape index (κ3) is 3.00. The summed E-state index contributed by atoms with van der Waals surface area (Å²) in [6.45, 7) is 2.31. The van der Waals surface area contributed by atoms with Gasteiger partial charge in [0.25, 0.3) is 5.91 Å². The van der Waals surface area contributed by atoms with E-state index in [1.165, 1.54) is 0 Å². The highest BCUT2D eigenvalue weighted by molar-refractivity contribution is 6.30. The van der Waals surface area contributed by atoms with Gasteiger partial charge in [0, 0.05) is 30.9 Å². The molecule has 106 valence electrons. The van der Waals surface area contributed by atoms with Crippen LogP contribution in [-0.4, -0.2) is 40.2 Å². The average Bonchev–Trinajstić information content (AvgIpc) is 2.94. The highest BCUT2D eigenvalue weighted by Gasteiger charge is 2.18. The van der Waals surface area contributed by atoms with Gasteiger partial charge < -0.3 is 10.6 Å². The van der Waals surface area contributed by atoms with Gasteiger partial charge in [-0.1, -0.05) is 17.7 Å². The molecule has 2 N–H and O–H groups in total. The smallest absolute Gasteiger partial charge is 0.274 e. The maximum Gasteiger partial charge on any atom is 0.274 e. The second-order valence-electron chi connectivity index (χ2n) is 4.63. The minimum Gasteiger partial charge on any atom is -0.336 e. The molecule has 6 heteroatoms. The van der Waals surface area contributed by atoms with Gasteiger partial charge in [0.1, 0.15) is 0 Å². The molecule has 0 aliphatic carbocycles. The lowest BCUT2D eigenvalue weighted by molar-refractivity contribution is 0.0742. The lowest BCUT2D eigenvalue weighted by Gasteiger charge is -2.22. The molecule has 0 saturated heterocycles. The molecule has 0 aliphatic rings. The van der Waals surface area contributed by atoms with Crippen molar-refractivity contribution in [2.75, 3.05) is 13.6 Å². The fourth-order valence-electron chi connectivity index (χ4n) is 1.74. The van der Waals surface area contributed by atoms with Crippen LogP contribution in [0.1, 0.15) is 17.4 Å². The number of carbonyl (C=O) groups excluding carboxylic acids is 1. The van der Waals surface area contributed by atoms with Crippen molar-refractivity contribution in [1.82, 2.24) is 14.7 Å². The van der Waals surface area contributed by atoms with Crippen molar-refractivity contribution in [1.29, 1.82) is 0 Å². The topological polar surface area (TPSA) is 64.2 Å². The summed E-state index contributed by atoms with van der Waals surface area (Å²) in [6.07, 6.45) is 1.74. The van der Waals surface area contributed by atoms with Crippen LogP contribution in [0.3, 0.4) is 0 Å². The van der Waals surface area contributed by atoms with E-state index in [2.05, 4.69) is 5.10 Å². The van der Waals surface area contributed by atoms with Crippen LogP contribution in [0, 0.1) is 0 Å². The van der Waals surface area contributed by atoms with Gasteiger partial charge in [-0.25, -0.2) is 4.68 Å². The molecule has 1 atom stereocenters. The summed E-state index contributed by atoms with van der Waals surface area (Å²) < 4.78 is 1.63. The zero-order valence-corrected chi connectivity index (χ0v) is 12.2. The quantitative estimate of drug-likeness (QED) is 0.937. The predicted molar refractivity (Wildman–Crippen MR) is 79.2 cm³/mol. The Morgan fingerprint density at radius 2 is 2.25 bits per heavy atom. The van der Waals surface area contributed by atoms with Crippen LogP contribution in [0.25, 0.3) is 5.69 Å². The van der Waals surface area contributed by atoms with Crippen LogP contribution < -0.4 is 5.73 Å². The Bertz CT molecular complexity index is 611. The Balaban J connectivity index is 2.23. The van der Waals surface area contributed by atoms with Crippen molar-refractivity contribution < 1.29 is 4.79 Å². The van der Waals surface area contributed by atoms with Gasteiger partial charge in [0.05, 0.1) is 5.69 Å². The fourth-order valence-corrected chi connectivity index (χ4v) is 1.92. The number of halogens is 1. The molecule has 2 aromatic rings. The van der Waals surface area contributed by atoms with E-state index in [0.29, 0.717) is 17.3 Å². The molecular formula is C14H17ClN4O. The van der Waals surface area contributed by atoms with Gasteiger partial charge in [-0.05, 0) is 31.2 Å². The second-order valence-corrected chi connectivity index (χ2v) is 5.06.